The minimum Gasteiger partial charge on any atom is -0.390 e. The molecule has 0 bridgehead atoms. The van der Waals surface area contributed by atoms with Crippen LogP contribution in [0.25, 0.3) is 0 Å². The first kappa shape index (κ1) is 21.0. The topological polar surface area (TPSA) is 89.9 Å². The van der Waals surface area contributed by atoms with Crippen LogP contribution in [-0.4, -0.2) is 54.3 Å². The molecule has 152 valence electrons. The third kappa shape index (κ3) is 4.29. The van der Waals surface area contributed by atoms with Crippen LogP contribution in [-0.2, 0) is 16.6 Å². The van der Waals surface area contributed by atoms with Crippen molar-refractivity contribution in [3.05, 3.63) is 65.2 Å². The van der Waals surface area contributed by atoms with Crippen molar-refractivity contribution in [1.82, 2.24) is 9.62 Å². The summed E-state index contributed by atoms with van der Waals surface area (Å²) in [6.45, 7) is 4.76. The van der Waals surface area contributed by atoms with Crippen molar-refractivity contribution < 1.29 is 18.6 Å². The van der Waals surface area contributed by atoms with Gasteiger partial charge in [0.25, 0.3) is 0 Å². The van der Waals surface area contributed by atoms with Crippen molar-refractivity contribution in [3.8, 4) is 0 Å². The molecule has 0 amide bonds. The molecule has 7 heteroatoms. The van der Waals surface area contributed by atoms with Gasteiger partial charge in [0, 0.05) is 26.2 Å². The number of aliphatic hydroxyl groups excluding tert-OH is 1. The van der Waals surface area contributed by atoms with Gasteiger partial charge in [0.15, 0.2) is 0 Å². The Hall–Kier alpha value is -1.77. The van der Waals surface area contributed by atoms with Gasteiger partial charge in [0.05, 0.1) is 11.0 Å². The van der Waals surface area contributed by atoms with E-state index < -0.39 is 21.7 Å². The summed E-state index contributed by atoms with van der Waals surface area (Å²) in [5.41, 5.74) is 1.94. The Kier molecular flexibility index (Phi) is 6.21. The second kappa shape index (κ2) is 8.31. The normalized spacial score (nSPS) is 23.6. The van der Waals surface area contributed by atoms with Crippen molar-refractivity contribution in [2.24, 2.45) is 0 Å². The molecule has 1 heterocycles. The second-order valence-electron chi connectivity index (χ2n) is 7.52. The molecule has 0 radical (unpaired) electrons. The predicted molar refractivity (Wildman–Crippen MR) is 108 cm³/mol. The zero-order chi connectivity index (χ0) is 20.4. The number of piperidine rings is 1. The van der Waals surface area contributed by atoms with Crippen LogP contribution in [0.1, 0.15) is 23.1 Å². The first-order valence-electron chi connectivity index (χ1n) is 9.45. The Morgan fingerprint density at radius 2 is 1.86 bits per heavy atom. The first-order valence-corrected chi connectivity index (χ1v) is 10.9. The van der Waals surface area contributed by atoms with Crippen LogP contribution in [0.3, 0.4) is 0 Å². The molecule has 6 nitrogen and oxygen atoms in total. The van der Waals surface area contributed by atoms with E-state index >= 15 is 0 Å². The zero-order valence-corrected chi connectivity index (χ0v) is 17.1. The molecular formula is C21H28N2O4S. The average molecular weight is 405 g/mol. The highest BCUT2D eigenvalue weighted by molar-refractivity contribution is 7.89. The van der Waals surface area contributed by atoms with E-state index in [0.717, 1.165) is 5.56 Å². The van der Waals surface area contributed by atoms with Crippen molar-refractivity contribution in [2.45, 2.75) is 43.4 Å². The highest BCUT2D eigenvalue weighted by Crippen LogP contribution is 2.27. The minimum atomic E-state index is -3.71. The molecular weight excluding hydrogens is 376 g/mol. The van der Waals surface area contributed by atoms with Crippen LogP contribution in [0.15, 0.2) is 53.4 Å². The van der Waals surface area contributed by atoms with Gasteiger partial charge in [-0.15, -0.1) is 0 Å². The SMILES string of the molecule is Cc1cccc(CNC[C@@]2(O)CN(S(=O)(=O)c3ccccc3)CC[C@@H]2O)c1C. The van der Waals surface area contributed by atoms with Crippen molar-refractivity contribution in [1.29, 1.82) is 0 Å². The molecule has 1 aliphatic heterocycles. The van der Waals surface area contributed by atoms with Gasteiger partial charge in [-0.2, -0.15) is 4.31 Å². The largest absolute Gasteiger partial charge is 0.390 e. The lowest BCUT2D eigenvalue weighted by molar-refractivity contribution is -0.104. The Morgan fingerprint density at radius 3 is 2.57 bits per heavy atom. The standard InChI is InChI=1S/C21H28N2O4S/c1-16-7-6-8-18(17(16)2)13-22-14-21(25)15-23(12-11-20(21)24)28(26,27)19-9-4-3-5-10-19/h3-10,20,22,24-25H,11-15H2,1-2H3/t20-,21+/m0/s1. The van der Waals surface area contributed by atoms with Gasteiger partial charge < -0.3 is 15.5 Å². The molecule has 28 heavy (non-hydrogen) atoms. The molecule has 3 rings (SSSR count). The molecule has 0 aromatic heterocycles. The number of sulfonamides is 1. The predicted octanol–water partition coefficient (Wildman–Crippen LogP) is 1.58. The fourth-order valence-corrected chi connectivity index (χ4v) is 5.10. The van der Waals surface area contributed by atoms with E-state index in [1.54, 1.807) is 18.2 Å². The van der Waals surface area contributed by atoms with Crippen molar-refractivity contribution in [3.63, 3.8) is 0 Å². The monoisotopic (exact) mass is 404 g/mol. The summed E-state index contributed by atoms with van der Waals surface area (Å²) in [6.07, 6.45) is -0.797. The number of aryl methyl sites for hydroxylation is 1. The fraction of sp³-hybridized carbons (Fsp3) is 0.429. The Labute approximate surface area is 166 Å². The van der Waals surface area contributed by atoms with Gasteiger partial charge in [-0.1, -0.05) is 36.4 Å². The van der Waals surface area contributed by atoms with E-state index in [1.807, 2.05) is 32.0 Å². The van der Waals surface area contributed by atoms with Gasteiger partial charge in [0.1, 0.15) is 5.60 Å². The van der Waals surface area contributed by atoms with Crippen molar-refractivity contribution >= 4 is 10.0 Å². The van der Waals surface area contributed by atoms with Crippen LogP contribution < -0.4 is 5.32 Å². The maximum atomic E-state index is 12.9. The molecule has 1 aliphatic rings. The number of benzene rings is 2. The maximum Gasteiger partial charge on any atom is 0.243 e. The lowest BCUT2D eigenvalue weighted by Crippen LogP contribution is -2.62. The van der Waals surface area contributed by atoms with Crippen molar-refractivity contribution in [2.75, 3.05) is 19.6 Å². The number of rotatable bonds is 6. The molecule has 1 fully saturated rings. The van der Waals surface area contributed by atoms with Gasteiger partial charge in [-0.3, -0.25) is 0 Å². The van der Waals surface area contributed by atoms with Gasteiger partial charge in [0.2, 0.25) is 10.0 Å². The fourth-order valence-electron chi connectivity index (χ4n) is 3.56. The van der Waals surface area contributed by atoms with E-state index in [9.17, 15) is 18.6 Å². The smallest absolute Gasteiger partial charge is 0.243 e. The highest BCUT2D eigenvalue weighted by atomic mass is 32.2. The minimum absolute atomic E-state index is 0.0996. The molecule has 0 spiro atoms. The molecule has 3 N–H and O–H groups in total. The van der Waals surface area contributed by atoms with Crippen LogP contribution >= 0.6 is 0 Å². The molecule has 0 unspecified atom stereocenters. The summed E-state index contributed by atoms with van der Waals surface area (Å²) in [5.74, 6) is 0. The molecule has 1 saturated heterocycles. The summed E-state index contributed by atoms with van der Waals surface area (Å²) in [4.78, 5) is 0.192. The summed E-state index contributed by atoms with van der Waals surface area (Å²) >= 11 is 0. The van der Waals surface area contributed by atoms with Gasteiger partial charge in [-0.25, -0.2) is 8.42 Å². The number of β-amino-alcohol motifs (C(OH)–C–C–N with tert-alkyl or cyclic N) is 1. The van der Waals surface area contributed by atoms with E-state index in [0.29, 0.717) is 6.54 Å². The number of hydrogen-bond donors (Lipinski definition) is 3. The zero-order valence-electron chi connectivity index (χ0n) is 16.3. The summed E-state index contributed by atoms with van der Waals surface area (Å²) in [5, 5.41) is 24.6. The maximum absolute atomic E-state index is 12.9. The van der Waals surface area contributed by atoms with Crippen LogP contribution in [0.5, 0.6) is 0 Å². The summed E-state index contributed by atoms with van der Waals surface area (Å²) in [7, 11) is -3.71. The van der Waals surface area contributed by atoms with Crippen LogP contribution in [0.2, 0.25) is 0 Å². The Bertz CT molecular complexity index is 917. The van der Waals surface area contributed by atoms with Gasteiger partial charge >= 0.3 is 0 Å². The summed E-state index contributed by atoms with van der Waals surface area (Å²) in [6, 6.07) is 14.2. The van der Waals surface area contributed by atoms with Crippen LogP contribution in [0, 0.1) is 13.8 Å². The van der Waals surface area contributed by atoms with Gasteiger partial charge in [-0.05, 0) is 49.1 Å². The van der Waals surface area contributed by atoms with Crippen LogP contribution in [0.4, 0.5) is 0 Å². The molecule has 2 aromatic rings. The number of aliphatic hydroxyl groups is 2. The molecule has 2 atom stereocenters. The molecule has 2 aromatic carbocycles. The van der Waals surface area contributed by atoms with E-state index in [4.69, 9.17) is 0 Å². The Balaban J connectivity index is 1.70. The quantitative estimate of drug-likeness (QED) is 0.680. The Morgan fingerprint density at radius 1 is 1.14 bits per heavy atom. The third-order valence-corrected chi connectivity index (χ3v) is 7.43. The van der Waals surface area contributed by atoms with E-state index in [2.05, 4.69) is 5.32 Å². The second-order valence-corrected chi connectivity index (χ2v) is 9.46. The third-order valence-electron chi connectivity index (χ3n) is 5.57. The average Bonchev–Trinajstić information content (AvgIpc) is 2.68. The number of hydrogen-bond acceptors (Lipinski definition) is 5. The molecule has 0 saturated carbocycles. The summed E-state index contributed by atoms with van der Waals surface area (Å²) < 4.78 is 27.0. The lowest BCUT2D eigenvalue weighted by Gasteiger charge is -2.42. The van der Waals surface area contributed by atoms with E-state index in [1.165, 1.54) is 27.6 Å². The highest BCUT2D eigenvalue weighted by Gasteiger charge is 2.44. The number of nitrogens with zero attached hydrogens (tertiary/aromatic N) is 1. The molecule has 0 aliphatic carbocycles. The van der Waals surface area contributed by atoms with E-state index in [-0.39, 0.29) is 31.0 Å². The lowest BCUT2D eigenvalue weighted by atomic mass is 9.90. The first-order chi connectivity index (χ1) is 13.2. The number of nitrogens with one attached hydrogen (secondary N) is 1.